The highest BCUT2D eigenvalue weighted by Gasteiger charge is 2.32. The van der Waals surface area contributed by atoms with Crippen molar-refractivity contribution >= 4 is 17.6 Å². The number of anilines is 1. The molecule has 20 heavy (non-hydrogen) atoms. The van der Waals surface area contributed by atoms with Crippen LogP contribution in [0.15, 0.2) is 18.2 Å². The lowest BCUT2D eigenvalue weighted by atomic mass is 10.1. The van der Waals surface area contributed by atoms with Gasteiger partial charge in [0.2, 0.25) is 5.91 Å². The van der Waals surface area contributed by atoms with E-state index in [0.717, 1.165) is 6.07 Å². The SMILES string of the molecule is CCC(N)C(=O)Nc1cc(C(F)(F)F)ccc1C(=O)O. The number of carboxylic acid groups (broad SMARTS) is 1. The Morgan fingerprint density at radius 2 is 2.00 bits per heavy atom. The molecule has 1 atom stereocenters. The Kier molecular flexibility index (Phi) is 4.72. The lowest BCUT2D eigenvalue weighted by Crippen LogP contribution is -2.35. The van der Waals surface area contributed by atoms with Crippen LogP contribution < -0.4 is 11.1 Å². The van der Waals surface area contributed by atoms with Crippen LogP contribution in [0.5, 0.6) is 0 Å². The molecule has 0 aliphatic carbocycles. The lowest BCUT2D eigenvalue weighted by molar-refractivity contribution is -0.137. The van der Waals surface area contributed by atoms with Gasteiger partial charge < -0.3 is 16.2 Å². The van der Waals surface area contributed by atoms with E-state index in [1.807, 2.05) is 0 Å². The topological polar surface area (TPSA) is 92.4 Å². The molecule has 1 aromatic rings. The van der Waals surface area contributed by atoms with E-state index in [1.54, 1.807) is 6.92 Å². The summed E-state index contributed by atoms with van der Waals surface area (Å²) in [6, 6.07) is 1.08. The van der Waals surface area contributed by atoms with Gasteiger partial charge in [0.15, 0.2) is 0 Å². The highest BCUT2D eigenvalue weighted by Crippen LogP contribution is 2.32. The fourth-order valence-corrected chi connectivity index (χ4v) is 1.42. The monoisotopic (exact) mass is 290 g/mol. The van der Waals surface area contributed by atoms with Crippen LogP contribution in [0.1, 0.15) is 29.3 Å². The molecular weight excluding hydrogens is 277 g/mol. The van der Waals surface area contributed by atoms with Crippen LogP contribution in [0, 0.1) is 0 Å². The molecule has 1 aromatic carbocycles. The summed E-state index contributed by atoms with van der Waals surface area (Å²) in [4.78, 5) is 22.5. The van der Waals surface area contributed by atoms with Crippen molar-refractivity contribution < 1.29 is 27.9 Å². The first-order chi connectivity index (χ1) is 9.16. The summed E-state index contributed by atoms with van der Waals surface area (Å²) in [6.07, 6.45) is -4.36. The molecule has 0 bridgehead atoms. The van der Waals surface area contributed by atoms with Gasteiger partial charge in [-0.25, -0.2) is 4.79 Å². The summed E-state index contributed by atoms with van der Waals surface area (Å²) in [5.74, 6) is -2.19. The van der Waals surface area contributed by atoms with E-state index in [4.69, 9.17) is 10.8 Å². The Balaban J connectivity index is 3.19. The highest BCUT2D eigenvalue weighted by molar-refractivity contribution is 6.02. The van der Waals surface area contributed by atoms with Gasteiger partial charge in [0, 0.05) is 0 Å². The van der Waals surface area contributed by atoms with Gasteiger partial charge in [-0.05, 0) is 24.6 Å². The highest BCUT2D eigenvalue weighted by atomic mass is 19.4. The van der Waals surface area contributed by atoms with Crippen molar-refractivity contribution in [2.75, 3.05) is 5.32 Å². The molecule has 0 aliphatic heterocycles. The van der Waals surface area contributed by atoms with Crippen LogP contribution in [0.3, 0.4) is 0 Å². The number of nitrogens with two attached hydrogens (primary N) is 1. The molecule has 4 N–H and O–H groups in total. The number of carbonyl (C=O) groups excluding carboxylic acids is 1. The van der Waals surface area contributed by atoms with E-state index < -0.39 is 40.9 Å². The molecular formula is C12H13F3N2O3. The van der Waals surface area contributed by atoms with Crippen molar-refractivity contribution in [2.45, 2.75) is 25.6 Å². The second-order valence-electron chi connectivity index (χ2n) is 4.07. The zero-order valence-corrected chi connectivity index (χ0v) is 10.5. The standard InChI is InChI=1S/C12H13F3N2O3/c1-2-8(16)10(18)17-9-5-6(12(13,14)15)3-4-7(9)11(19)20/h3-5,8H,2,16H2,1H3,(H,17,18)(H,19,20). The maximum absolute atomic E-state index is 12.6. The Morgan fingerprint density at radius 3 is 2.45 bits per heavy atom. The van der Waals surface area contributed by atoms with Gasteiger partial charge in [-0.2, -0.15) is 13.2 Å². The molecule has 0 fully saturated rings. The van der Waals surface area contributed by atoms with E-state index in [1.165, 1.54) is 0 Å². The largest absolute Gasteiger partial charge is 0.478 e. The third-order valence-electron chi connectivity index (χ3n) is 2.61. The van der Waals surface area contributed by atoms with Gasteiger partial charge in [-0.1, -0.05) is 6.92 Å². The molecule has 1 rings (SSSR count). The van der Waals surface area contributed by atoms with E-state index in [-0.39, 0.29) is 6.42 Å². The second kappa shape index (κ2) is 5.91. The third-order valence-corrected chi connectivity index (χ3v) is 2.61. The third kappa shape index (κ3) is 3.70. The van der Waals surface area contributed by atoms with Crippen molar-refractivity contribution in [2.24, 2.45) is 5.73 Å². The molecule has 0 saturated heterocycles. The number of nitrogens with one attached hydrogen (secondary N) is 1. The Labute approximate surface area is 112 Å². The fourth-order valence-electron chi connectivity index (χ4n) is 1.42. The first-order valence-corrected chi connectivity index (χ1v) is 5.67. The minimum Gasteiger partial charge on any atom is -0.478 e. The number of hydrogen-bond acceptors (Lipinski definition) is 3. The fraction of sp³-hybridized carbons (Fsp3) is 0.333. The predicted molar refractivity (Wildman–Crippen MR) is 65.3 cm³/mol. The number of alkyl halides is 3. The number of carbonyl (C=O) groups is 2. The molecule has 1 amide bonds. The van der Waals surface area contributed by atoms with E-state index >= 15 is 0 Å². The number of benzene rings is 1. The van der Waals surface area contributed by atoms with Gasteiger partial charge in [0.1, 0.15) is 0 Å². The van der Waals surface area contributed by atoms with Gasteiger partial charge >= 0.3 is 12.1 Å². The number of rotatable bonds is 4. The molecule has 0 radical (unpaired) electrons. The van der Waals surface area contributed by atoms with E-state index in [0.29, 0.717) is 12.1 Å². The number of amides is 1. The van der Waals surface area contributed by atoms with Crippen LogP contribution in [-0.2, 0) is 11.0 Å². The molecule has 0 aliphatic rings. The van der Waals surface area contributed by atoms with Gasteiger partial charge in [-0.15, -0.1) is 0 Å². The summed E-state index contributed by atoms with van der Waals surface area (Å²) in [7, 11) is 0. The van der Waals surface area contributed by atoms with Crippen LogP contribution in [0.4, 0.5) is 18.9 Å². The molecule has 0 saturated carbocycles. The number of carboxylic acids is 1. The zero-order chi connectivity index (χ0) is 15.5. The maximum atomic E-state index is 12.6. The Bertz CT molecular complexity index is 529. The van der Waals surface area contributed by atoms with Crippen LogP contribution >= 0.6 is 0 Å². The molecule has 8 heteroatoms. The molecule has 110 valence electrons. The molecule has 5 nitrogen and oxygen atoms in total. The minimum absolute atomic E-state index is 0.271. The Hall–Kier alpha value is -2.09. The predicted octanol–water partition coefficient (Wildman–Crippen LogP) is 2.08. The summed E-state index contributed by atoms with van der Waals surface area (Å²) in [5.41, 5.74) is 3.51. The normalized spacial score (nSPS) is 12.8. The Morgan fingerprint density at radius 1 is 1.40 bits per heavy atom. The molecule has 0 aromatic heterocycles. The maximum Gasteiger partial charge on any atom is 0.416 e. The van der Waals surface area contributed by atoms with Crippen molar-refractivity contribution in [1.29, 1.82) is 0 Å². The number of hydrogen-bond donors (Lipinski definition) is 3. The summed E-state index contributed by atoms with van der Waals surface area (Å²) in [5, 5.41) is 11.0. The second-order valence-corrected chi connectivity index (χ2v) is 4.07. The summed E-state index contributed by atoms with van der Waals surface area (Å²) < 4.78 is 37.7. The van der Waals surface area contributed by atoms with Gasteiger partial charge in [0.25, 0.3) is 0 Å². The summed E-state index contributed by atoms with van der Waals surface area (Å²) >= 11 is 0. The first-order valence-electron chi connectivity index (χ1n) is 5.67. The zero-order valence-electron chi connectivity index (χ0n) is 10.5. The molecule has 1 unspecified atom stereocenters. The van der Waals surface area contributed by atoms with Crippen molar-refractivity contribution in [3.05, 3.63) is 29.3 Å². The number of halogens is 3. The minimum atomic E-state index is -4.64. The number of aromatic carboxylic acids is 1. The van der Waals surface area contributed by atoms with Crippen molar-refractivity contribution in [3.63, 3.8) is 0 Å². The van der Waals surface area contributed by atoms with Gasteiger partial charge in [0.05, 0.1) is 22.9 Å². The smallest absolute Gasteiger partial charge is 0.416 e. The van der Waals surface area contributed by atoms with Crippen molar-refractivity contribution in [1.82, 2.24) is 0 Å². The van der Waals surface area contributed by atoms with E-state index in [2.05, 4.69) is 5.32 Å². The quantitative estimate of drug-likeness (QED) is 0.791. The van der Waals surface area contributed by atoms with Crippen molar-refractivity contribution in [3.8, 4) is 0 Å². The van der Waals surface area contributed by atoms with Crippen LogP contribution in [0.25, 0.3) is 0 Å². The average molecular weight is 290 g/mol. The van der Waals surface area contributed by atoms with E-state index in [9.17, 15) is 22.8 Å². The van der Waals surface area contributed by atoms with Gasteiger partial charge in [-0.3, -0.25) is 4.79 Å². The lowest BCUT2D eigenvalue weighted by Gasteiger charge is -2.14. The van der Waals surface area contributed by atoms with Crippen LogP contribution in [0.2, 0.25) is 0 Å². The van der Waals surface area contributed by atoms with Crippen LogP contribution in [-0.4, -0.2) is 23.0 Å². The molecule has 0 spiro atoms. The average Bonchev–Trinajstić information content (AvgIpc) is 2.36. The first kappa shape index (κ1) is 16.0. The summed E-state index contributed by atoms with van der Waals surface area (Å²) in [6.45, 7) is 1.62. The molecule has 0 heterocycles.